The van der Waals surface area contributed by atoms with E-state index in [1.807, 2.05) is 0 Å². The fraction of sp³-hybridized carbons (Fsp3) is 1.00. The number of rotatable bonds is 15. The Kier molecular flexibility index (Phi) is 13.7. The Hall–Kier alpha value is -0.170. The van der Waals surface area contributed by atoms with Crippen LogP contribution < -0.4 is 0 Å². The van der Waals surface area contributed by atoms with Crippen LogP contribution in [0.15, 0.2) is 0 Å². The first-order chi connectivity index (χ1) is 9.56. The lowest BCUT2D eigenvalue weighted by molar-refractivity contribution is 0.122. The Morgan fingerprint density at radius 2 is 1.20 bits per heavy atom. The van der Waals surface area contributed by atoms with E-state index in [9.17, 15) is 8.42 Å². The van der Waals surface area contributed by atoms with Gasteiger partial charge in [0.15, 0.2) is 0 Å². The van der Waals surface area contributed by atoms with E-state index < -0.39 is 10.4 Å². The van der Waals surface area contributed by atoms with Crippen molar-refractivity contribution in [1.29, 1.82) is 0 Å². The van der Waals surface area contributed by atoms with Crippen molar-refractivity contribution in [2.45, 2.75) is 71.1 Å². The first kappa shape index (κ1) is 19.8. The summed E-state index contributed by atoms with van der Waals surface area (Å²) >= 11 is 0. The fourth-order valence-corrected chi connectivity index (χ4v) is 2.24. The lowest BCUT2D eigenvalue weighted by Gasteiger charge is -2.04. The molecular weight excluding hydrogens is 280 g/mol. The van der Waals surface area contributed by atoms with Gasteiger partial charge in [-0.2, -0.15) is 8.42 Å². The molecule has 0 aliphatic carbocycles. The molecular formula is C14H30O5S. The van der Waals surface area contributed by atoms with Crippen molar-refractivity contribution in [2.24, 2.45) is 0 Å². The fourth-order valence-electron chi connectivity index (χ4n) is 1.91. The van der Waals surface area contributed by atoms with E-state index in [1.54, 1.807) is 0 Å². The van der Waals surface area contributed by atoms with E-state index in [4.69, 9.17) is 9.29 Å². The minimum atomic E-state index is -4.28. The zero-order valence-corrected chi connectivity index (χ0v) is 13.5. The van der Waals surface area contributed by atoms with Crippen molar-refractivity contribution in [3.63, 3.8) is 0 Å². The number of hydrogen-bond acceptors (Lipinski definition) is 4. The second kappa shape index (κ2) is 13.8. The second-order valence-corrected chi connectivity index (χ2v) is 6.14. The van der Waals surface area contributed by atoms with E-state index in [0.717, 1.165) is 19.4 Å². The molecule has 0 radical (unpaired) electrons. The van der Waals surface area contributed by atoms with Crippen LogP contribution in [0.1, 0.15) is 71.1 Å². The average molecular weight is 310 g/mol. The molecule has 0 unspecified atom stereocenters. The normalized spacial score (nSPS) is 11.9. The summed E-state index contributed by atoms with van der Waals surface area (Å²) in [5.74, 6) is 0. The summed E-state index contributed by atoms with van der Waals surface area (Å²) in [5, 5.41) is 0. The Bertz CT molecular complexity index is 290. The third kappa shape index (κ3) is 17.8. The van der Waals surface area contributed by atoms with Crippen LogP contribution in [-0.4, -0.2) is 32.8 Å². The van der Waals surface area contributed by atoms with Crippen LogP contribution in [0.2, 0.25) is 0 Å². The zero-order chi connectivity index (χ0) is 15.1. The molecule has 0 atom stereocenters. The van der Waals surface area contributed by atoms with Crippen molar-refractivity contribution in [3.8, 4) is 0 Å². The van der Waals surface area contributed by atoms with Crippen molar-refractivity contribution in [2.75, 3.05) is 19.8 Å². The molecule has 0 aromatic heterocycles. The van der Waals surface area contributed by atoms with Gasteiger partial charge in [0.1, 0.15) is 0 Å². The molecule has 0 fully saturated rings. The summed E-state index contributed by atoms with van der Waals surface area (Å²) in [6, 6.07) is 0. The summed E-state index contributed by atoms with van der Waals surface area (Å²) in [7, 11) is -4.28. The quantitative estimate of drug-likeness (QED) is 0.368. The van der Waals surface area contributed by atoms with Crippen LogP contribution in [-0.2, 0) is 19.3 Å². The van der Waals surface area contributed by atoms with Crippen molar-refractivity contribution in [3.05, 3.63) is 0 Å². The van der Waals surface area contributed by atoms with Crippen LogP contribution >= 0.6 is 0 Å². The van der Waals surface area contributed by atoms with Gasteiger partial charge in [-0.3, -0.25) is 4.55 Å². The predicted molar refractivity (Wildman–Crippen MR) is 80.2 cm³/mol. The van der Waals surface area contributed by atoms with E-state index in [0.29, 0.717) is 13.0 Å². The Morgan fingerprint density at radius 3 is 1.75 bits per heavy atom. The van der Waals surface area contributed by atoms with Gasteiger partial charge in [-0.15, -0.1) is 0 Å². The highest BCUT2D eigenvalue weighted by atomic mass is 32.3. The maximum absolute atomic E-state index is 10.3. The number of ether oxygens (including phenoxy) is 1. The molecule has 0 saturated heterocycles. The van der Waals surface area contributed by atoms with Crippen LogP contribution in [0.25, 0.3) is 0 Å². The summed E-state index contributed by atoms with van der Waals surface area (Å²) in [6.07, 6.45) is 11.6. The number of hydrogen-bond donors (Lipinski definition) is 1. The van der Waals surface area contributed by atoms with Crippen molar-refractivity contribution >= 4 is 10.4 Å². The first-order valence-corrected chi connectivity index (χ1v) is 9.12. The molecule has 0 saturated carbocycles. The first-order valence-electron chi connectivity index (χ1n) is 7.76. The molecule has 0 bridgehead atoms. The largest absolute Gasteiger partial charge is 0.397 e. The topological polar surface area (TPSA) is 72.8 Å². The highest BCUT2D eigenvalue weighted by molar-refractivity contribution is 7.80. The van der Waals surface area contributed by atoms with Gasteiger partial charge < -0.3 is 4.74 Å². The van der Waals surface area contributed by atoms with E-state index in [-0.39, 0.29) is 6.61 Å². The molecule has 1 N–H and O–H groups in total. The third-order valence-electron chi connectivity index (χ3n) is 3.06. The highest BCUT2D eigenvalue weighted by Gasteiger charge is 2.02. The van der Waals surface area contributed by atoms with Crippen LogP contribution in [0.5, 0.6) is 0 Å². The molecule has 20 heavy (non-hydrogen) atoms. The lowest BCUT2D eigenvalue weighted by atomic mass is 10.1. The smallest absolute Gasteiger partial charge is 0.381 e. The average Bonchev–Trinajstić information content (AvgIpc) is 2.38. The molecule has 0 spiro atoms. The van der Waals surface area contributed by atoms with Crippen LogP contribution in [0.4, 0.5) is 0 Å². The third-order valence-corrected chi connectivity index (χ3v) is 3.52. The molecule has 0 heterocycles. The highest BCUT2D eigenvalue weighted by Crippen LogP contribution is 2.08. The van der Waals surface area contributed by atoms with Crippen LogP contribution in [0.3, 0.4) is 0 Å². The van der Waals surface area contributed by atoms with Gasteiger partial charge in [-0.1, -0.05) is 51.9 Å². The summed E-state index contributed by atoms with van der Waals surface area (Å²) < 4.78 is 38.5. The van der Waals surface area contributed by atoms with Crippen LogP contribution in [0, 0.1) is 0 Å². The van der Waals surface area contributed by atoms with Crippen molar-refractivity contribution in [1.82, 2.24) is 0 Å². The molecule has 0 aliphatic heterocycles. The molecule has 0 amide bonds. The molecule has 122 valence electrons. The molecule has 0 aliphatic rings. The monoisotopic (exact) mass is 310 g/mol. The van der Waals surface area contributed by atoms with Gasteiger partial charge in [-0.05, 0) is 19.3 Å². The standard InChI is InChI=1S/C14H30O5S/c1-2-3-4-5-6-7-8-9-12-18-13-10-11-14-19-20(15,16)17/h2-14H2,1H3,(H,15,16,17). The maximum Gasteiger partial charge on any atom is 0.397 e. The van der Waals surface area contributed by atoms with Crippen molar-refractivity contribution < 1.29 is 21.9 Å². The van der Waals surface area contributed by atoms with Gasteiger partial charge in [0.05, 0.1) is 6.61 Å². The number of unbranched alkanes of at least 4 members (excludes halogenated alkanes) is 8. The lowest BCUT2D eigenvalue weighted by Crippen LogP contribution is -2.06. The summed E-state index contributed by atoms with van der Waals surface area (Å²) in [5.41, 5.74) is 0. The van der Waals surface area contributed by atoms with E-state index in [1.165, 1.54) is 44.9 Å². The molecule has 5 nitrogen and oxygen atoms in total. The van der Waals surface area contributed by atoms with E-state index >= 15 is 0 Å². The minimum Gasteiger partial charge on any atom is -0.381 e. The second-order valence-electron chi connectivity index (χ2n) is 5.04. The van der Waals surface area contributed by atoms with Gasteiger partial charge in [0, 0.05) is 13.2 Å². The Labute approximate surface area is 124 Å². The van der Waals surface area contributed by atoms with Gasteiger partial charge in [0.25, 0.3) is 0 Å². The maximum atomic E-state index is 10.3. The SMILES string of the molecule is CCCCCCCCCCOCCCCOS(=O)(=O)O. The van der Waals surface area contributed by atoms with Gasteiger partial charge in [-0.25, -0.2) is 4.18 Å². The predicted octanol–water partition coefficient (Wildman–Crippen LogP) is 3.74. The Morgan fingerprint density at radius 1 is 0.750 bits per heavy atom. The molecule has 0 aromatic carbocycles. The minimum absolute atomic E-state index is 0.0138. The van der Waals surface area contributed by atoms with Gasteiger partial charge in [0.2, 0.25) is 0 Å². The molecule has 0 rings (SSSR count). The molecule has 6 heteroatoms. The van der Waals surface area contributed by atoms with Gasteiger partial charge >= 0.3 is 10.4 Å². The zero-order valence-electron chi connectivity index (χ0n) is 12.7. The Balaban J connectivity index is 3.03. The van der Waals surface area contributed by atoms with E-state index in [2.05, 4.69) is 11.1 Å². The summed E-state index contributed by atoms with van der Waals surface area (Å²) in [6.45, 7) is 3.63. The molecule has 0 aromatic rings. The summed E-state index contributed by atoms with van der Waals surface area (Å²) in [4.78, 5) is 0.